The van der Waals surface area contributed by atoms with Gasteiger partial charge in [0, 0.05) is 33.4 Å². The first-order valence-electron chi connectivity index (χ1n) is 10.2. The van der Waals surface area contributed by atoms with Gasteiger partial charge in [-0.05, 0) is 55.8 Å². The molecule has 0 unspecified atom stereocenters. The molecule has 0 spiro atoms. The number of nitrogens with zero attached hydrogens (tertiary/aromatic N) is 1. The zero-order valence-electron chi connectivity index (χ0n) is 18.4. The molecule has 4 rings (SSSR count). The number of ether oxygens (including phenoxy) is 1. The van der Waals surface area contributed by atoms with Crippen molar-refractivity contribution in [2.75, 3.05) is 12.4 Å². The molecule has 2 aromatic carbocycles. The molecule has 0 radical (unpaired) electrons. The highest BCUT2D eigenvalue weighted by Crippen LogP contribution is 2.22. The van der Waals surface area contributed by atoms with Crippen LogP contribution < -0.4 is 20.6 Å². The molecule has 0 fully saturated rings. The van der Waals surface area contributed by atoms with Crippen LogP contribution in [0, 0.1) is 13.8 Å². The van der Waals surface area contributed by atoms with Crippen LogP contribution in [0.2, 0.25) is 0 Å². The van der Waals surface area contributed by atoms with Gasteiger partial charge in [-0.3, -0.25) is 9.78 Å². The quantitative estimate of drug-likeness (QED) is 0.384. The van der Waals surface area contributed by atoms with Gasteiger partial charge in [0.05, 0.1) is 19.4 Å². The highest BCUT2D eigenvalue weighted by molar-refractivity contribution is 9.10. The van der Waals surface area contributed by atoms with E-state index in [2.05, 4.69) is 31.2 Å². The fourth-order valence-corrected chi connectivity index (χ4v) is 3.72. The highest BCUT2D eigenvalue weighted by Gasteiger charge is 2.21. The maximum atomic E-state index is 13.3. The zero-order valence-corrected chi connectivity index (χ0v) is 20.0. The molecule has 8 heteroatoms. The number of aliphatic hydroxyl groups excluding tert-OH is 1. The van der Waals surface area contributed by atoms with Gasteiger partial charge in [-0.25, -0.2) is 0 Å². The van der Waals surface area contributed by atoms with Gasteiger partial charge in [0.15, 0.2) is 16.9 Å². The minimum atomic E-state index is -0.365. The second kappa shape index (κ2) is 9.56. The second-order valence-corrected chi connectivity index (χ2v) is 8.46. The molecule has 4 aromatic rings. The van der Waals surface area contributed by atoms with E-state index in [9.17, 15) is 9.90 Å². The van der Waals surface area contributed by atoms with E-state index >= 15 is 0 Å². The maximum Gasteiger partial charge on any atom is 0.385 e. The summed E-state index contributed by atoms with van der Waals surface area (Å²) in [6.07, 6.45) is 1.58. The summed E-state index contributed by atoms with van der Waals surface area (Å²) in [6.45, 7) is 3.54. The lowest BCUT2D eigenvalue weighted by molar-refractivity contribution is -0.418. The number of nitrogens with one attached hydrogen (secondary N) is 2. The molecule has 7 nitrogen and oxygen atoms in total. The number of fused-ring (bicyclic) bond motifs is 1. The summed E-state index contributed by atoms with van der Waals surface area (Å²) < 4.78 is 12.6. The first-order chi connectivity index (χ1) is 15.9. The third-order valence-electron chi connectivity index (χ3n) is 5.19. The molecule has 2 aromatic heterocycles. The van der Waals surface area contributed by atoms with Gasteiger partial charge in [-0.2, -0.15) is 4.99 Å². The van der Waals surface area contributed by atoms with E-state index in [-0.39, 0.29) is 23.6 Å². The van der Waals surface area contributed by atoms with Crippen molar-refractivity contribution in [1.29, 1.82) is 0 Å². The van der Waals surface area contributed by atoms with Crippen LogP contribution in [0.4, 0.5) is 11.4 Å². The normalized spacial score (nSPS) is 11.6. The van der Waals surface area contributed by atoms with E-state index in [4.69, 9.17) is 9.15 Å². The summed E-state index contributed by atoms with van der Waals surface area (Å²) >= 11 is 3.40. The second-order valence-electron chi connectivity index (χ2n) is 7.55. The van der Waals surface area contributed by atoms with Crippen molar-refractivity contribution >= 4 is 44.2 Å². The van der Waals surface area contributed by atoms with Gasteiger partial charge >= 0.3 is 5.55 Å². The Bertz CT molecular complexity index is 1410. The highest BCUT2D eigenvalue weighted by atomic mass is 79.9. The number of aromatic nitrogens is 1. The minimum absolute atomic E-state index is 0.231. The number of hydrogen-bond donors (Lipinski definition) is 3. The minimum Gasteiger partial charge on any atom is -0.490 e. The average Bonchev–Trinajstić information content (AvgIpc) is 2.81. The summed E-state index contributed by atoms with van der Waals surface area (Å²) in [5.74, 6) is 0.240. The first kappa shape index (κ1) is 22.7. The number of amides is 1. The monoisotopic (exact) mass is 508 g/mol. The molecule has 0 saturated heterocycles. The number of carbonyl (C=O) groups excluding carboxylic acids is 1. The van der Waals surface area contributed by atoms with Crippen molar-refractivity contribution < 1.29 is 24.0 Å². The van der Waals surface area contributed by atoms with Crippen LogP contribution >= 0.6 is 15.9 Å². The molecule has 168 valence electrons. The van der Waals surface area contributed by atoms with Crippen LogP contribution in [-0.2, 0) is 6.61 Å². The average molecular weight is 509 g/mol. The molecule has 33 heavy (non-hydrogen) atoms. The molecular weight excluding hydrogens is 486 g/mol. The Hall–Kier alpha value is -3.49. The molecule has 0 aliphatic rings. The summed E-state index contributed by atoms with van der Waals surface area (Å²) in [5, 5.41) is 13.3. The van der Waals surface area contributed by atoms with Crippen LogP contribution in [-0.4, -0.2) is 23.1 Å². The van der Waals surface area contributed by atoms with E-state index in [1.807, 2.05) is 44.2 Å². The Balaban J connectivity index is 1.95. The number of methoxy groups -OCH3 is 1. The standard InChI is InChI=1S/C25H22BrN3O4/c1-14-4-9-22(32-3)21(10-14)29-25-20(24(31)28-18-7-5-17(26)6-8-18)11-19-16(13-30)12-27-15(2)23(19)33-25/h4-12,30H,13H2,1-3H3,(H,28,31)/p+1. The lowest BCUT2D eigenvalue weighted by Crippen LogP contribution is -2.71. The Morgan fingerprint density at radius 1 is 1.18 bits per heavy atom. The van der Waals surface area contributed by atoms with Crippen LogP contribution in [0.5, 0.6) is 5.75 Å². The molecular formula is C25H23BrN3O4+. The smallest absolute Gasteiger partial charge is 0.385 e. The van der Waals surface area contributed by atoms with Gasteiger partial charge in [-0.15, -0.1) is 0 Å². The lowest BCUT2D eigenvalue weighted by Gasteiger charge is -2.08. The lowest BCUT2D eigenvalue weighted by atomic mass is 10.1. The summed E-state index contributed by atoms with van der Waals surface area (Å²) in [4.78, 5) is 20.9. The number of aryl methyl sites for hydroxylation is 2. The third-order valence-corrected chi connectivity index (χ3v) is 5.72. The number of hydrogen-bond acceptors (Lipinski definition) is 5. The van der Waals surface area contributed by atoms with Crippen molar-refractivity contribution in [1.82, 2.24) is 4.98 Å². The SMILES string of the molecule is COc1ccc(C)cc1[NH+]=c1oc2c(C)ncc(CO)c2cc1C(=O)Nc1ccc(Br)cc1. The van der Waals surface area contributed by atoms with Crippen LogP contribution in [0.3, 0.4) is 0 Å². The predicted octanol–water partition coefficient (Wildman–Crippen LogP) is 3.27. The van der Waals surface area contributed by atoms with Crippen LogP contribution in [0.15, 0.2) is 63.6 Å². The summed E-state index contributed by atoms with van der Waals surface area (Å²) in [7, 11) is 1.58. The molecule has 0 aliphatic heterocycles. The van der Waals surface area contributed by atoms with E-state index < -0.39 is 0 Å². The Kier molecular flexibility index (Phi) is 6.57. The van der Waals surface area contributed by atoms with Gasteiger partial charge in [0.2, 0.25) is 5.69 Å². The molecule has 3 N–H and O–H groups in total. The third kappa shape index (κ3) is 4.81. The van der Waals surface area contributed by atoms with Crippen molar-refractivity contribution in [2.45, 2.75) is 20.5 Å². The fourth-order valence-electron chi connectivity index (χ4n) is 3.46. The Morgan fingerprint density at radius 3 is 2.64 bits per heavy atom. The van der Waals surface area contributed by atoms with Crippen LogP contribution in [0.25, 0.3) is 11.0 Å². The maximum absolute atomic E-state index is 13.3. The molecule has 0 saturated carbocycles. The number of aliphatic hydroxyl groups is 1. The Labute approximate surface area is 198 Å². The van der Waals surface area contributed by atoms with E-state index in [0.29, 0.717) is 39.4 Å². The topological polar surface area (TPSA) is 98.6 Å². The van der Waals surface area contributed by atoms with Crippen molar-refractivity contribution in [3.63, 3.8) is 0 Å². The van der Waals surface area contributed by atoms with Crippen molar-refractivity contribution in [3.05, 3.63) is 87.1 Å². The molecule has 0 aliphatic carbocycles. The molecule has 2 heterocycles. The number of carbonyl (C=O) groups is 1. The first-order valence-corrected chi connectivity index (χ1v) is 11.0. The summed E-state index contributed by atoms with van der Waals surface area (Å²) in [5.41, 5.74) is 4.50. The molecule has 0 bridgehead atoms. The number of anilines is 1. The number of rotatable bonds is 5. The van der Waals surface area contributed by atoms with Crippen molar-refractivity contribution in [3.8, 4) is 5.75 Å². The van der Waals surface area contributed by atoms with Gasteiger partial charge < -0.3 is 19.6 Å². The van der Waals surface area contributed by atoms with Crippen molar-refractivity contribution in [2.24, 2.45) is 0 Å². The largest absolute Gasteiger partial charge is 0.490 e. The Morgan fingerprint density at radius 2 is 1.94 bits per heavy atom. The van der Waals surface area contributed by atoms with E-state index in [1.54, 1.807) is 31.5 Å². The number of halogens is 1. The van der Waals surface area contributed by atoms with Gasteiger partial charge in [-0.1, -0.05) is 22.0 Å². The zero-order chi connectivity index (χ0) is 23.5. The van der Waals surface area contributed by atoms with E-state index in [0.717, 1.165) is 10.0 Å². The fraction of sp³-hybridized carbons (Fsp3) is 0.160. The van der Waals surface area contributed by atoms with Gasteiger partial charge in [0.1, 0.15) is 0 Å². The van der Waals surface area contributed by atoms with Crippen LogP contribution in [0.1, 0.15) is 27.2 Å². The molecule has 0 atom stereocenters. The predicted molar refractivity (Wildman–Crippen MR) is 128 cm³/mol. The van der Waals surface area contributed by atoms with Gasteiger partial charge in [0.25, 0.3) is 5.91 Å². The molecule has 1 amide bonds. The number of pyridine rings is 1. The number of benzene rings is 2. The summed E-state index contributed by atoms with van der Waals surface area (Å²) in [6, 6.07) is 14.7. The van der Waals surface area contributed by atoms with E-state index in [1.165, 1.54) is 0 Å².